The minimum absolute atomic E-state index is 0.00623. The molecule has 5 heteroatoms. The number of rotatable bonds is 3. The number of fused-ring (bicyclic) bond motifs is 1. The maximum atomic E-state index is 12.9. The molecule has 1 aliphatic carbocycles. The normalized spacial score (nSPS) is 21.5. The van der Waals surface area contributed by atoms with E-state index in [2.05, 4.69) is 5.32 Å². The van der Waals surface area contributed by atoms with Crippen molar-refractivity contribution in [1.29, 1.82) is 0 Å². The number of carbonyl (C=O) groups is 2. The van der Waals surface area contributed by atoms with Crippen LogP contribution in [0.15, 0.2) is 23.1 Å². The number of thioether (sulfide) groups is 1. The Hall–Kier alpha value is -1.49. The van der Waals surface area contributed by atoms with Crippen molar-refractivity contribution >= 4 is 29.3 Å². The third-order valence-electron chi connectivity index (χ3n) is 4.77. The lowest BCUT2D eigenvalue weighted by Gasteiger charge is -2.34. The zero-order chi connectivity index (χ0) is 16.4. The largest absolute Gasteiger partial charge is 0.336 e. The molecule has 1 saturated carbocycles. The van der Waals surface area contributed by atoms with Gasteiger partial charge in [0.1, 0.15) is 0 Å². The van der Waals surface area contributed by atoms with Crippen molar-refractivity contribution in [2.45, 2.75) is 62.1 Å². The molecule has 23 heavy (non-hydrogen) atoms. The molecule has 1 heterocycles. The molecule has 0 aromatic heterocycles. The van der Waals surface area contributed by atoms with Gasteiger partial charge in [-0.3, -0.25) is 9.59 Å². The molecule has 1 fully saturated rings. The number of nitrogens with zero attached hydrogens (tertiary/aromatic N) is 1. The standard InChI is InChI=1S/C18H24N2O2S/c1-3-20(14-7-5-4-6-8-14)18(22)13-9-10-16-15(11-13)19-17(21)12(2)23-16/h9-12,14H,3-8H2,1-2H3,(H,19,21). The Morgan fingerprint density at radius 2 is 2.04 bits per heavy atom. The number of hydrogen-bond donors (Lipinski definition) is 1. The van der Waals surface area contributed by atoms with E-state index in [0.29, 0.717) is 11.6 Å². The second kappa shape index (κ2) is 6.95. The third-order valence-corrected chi connectivity index (χ3v) is 5.95. The molecule has 0 spiro atoms. The minimum Gasteiger partial charge on any atom is -0.336 e. The van der Waals surface area contributed by atoms with Gasteiger partial charge in [0, 0.05) is 23.0 Å². The summed E-state index contributed by atoms with van der Waals surface area (Å²) in [4.78, 5) is 27.8. The fourth-order valence-corrected chi connectivity index (χ4v) is 4.40. The van der Waals surface area contributed by atoms with Crippen LogP contribution in [0.3, 0.4) is 0 Å². The summed E-state index contributed by atoms with van der Waals surface area (Å²) in [6.07, 6.45) is 5.91. The number of benzene rings is 1. The van der Waals surface area contributed by atoms with Gasteiger partial charge in [0.2, 0.25) is 5.91 Å². The average molecular weight is 332 g/mol. The Bertz CT molecular complexity index is 611. The highest BCUT2D eigenvalue weighted by Gasteiger charge is 2.27. The minimum atomic E-state index is -0.0848. The van der Waals surface area contributed by atoms with Gasteiger partial charge in [-0.2, -0.15) is 0 Å². The summed E-state index contributed by atoms with van der Waals surface area (Å²) in [5.74, 6) is 0.0896. The van der Waals surface area contributed by atoms with Crippen molar-refractivity contribution in [3.63, 3.8) is 0 Å². The molecule has 1 atom stereocenters. The van der Waals surface area contributed by atoms with Crippen LogP contribution in [-0.4, -0.2) is 34.6 Å². The van der Waals surface area contributed by atoms with E-state index < -0.39 is 0 Å². The van der Waals surface area contributed by atoms with Gasteiger partial charge in [0.25, 0.3) is 5.91 Å². The predicted octanol–water partition coefficient (Wildman–Crippen LogP) is 3.91. The van der Waals surface area contributed by atoms with Crippen molar-refractivity contribution < 1.29 is 9.59 Å². The molecular weight excluding hydrogens is 308 g/mol. The first-order valence-corrected chi connectivity index (χ1v) is 9.40. The molecule has 0 bridgehead atoms. The summed E-state index contributed by atoms with van der Waals surface area (Å²) >= 11 is 1.55. The fourth-order valence-electron chi connectivity index (χ4n) is 3.47. The quantitative estimate of drug-likeness (QED) is 0.913. The van der Waals surface area contributed by atoms with E-state index in [0.717, 1.165) is 30.0 Å². The lowest BCUT2D eigenvalue weighted by atomic mass is 9.93. The molecule has 2 aliphatic rings. The van der Waals surface area contributed by atoms with Crippen molar-refractivity contribution in [2.75, 3.05) is 11.9 Å². The highest BCUT2D eigenvalue weighted by molar-refractivity contribution is 8.00. The van der Waals surface area contributed by atoms with Crippen molar-refractivity contribution in [3.8, 4) is 0 Å². The zero-order valence-electron chi connectivity index (χ0n) is 13.8. The summed E-state index contributed by atoms with van der Waals surface area (Å²) in [6, 6.07) is 6.04. The van der Waals surface area contributed by atoms with Gasteiger partial charge in [0.05, 0.1) is 10.9 Å². The van der Waals surface area contributed by atoms with Crippen LogP contribution < -0.4 is 5.32 Å². The molecule has 1 aromatic rings. The maximum Gasteiger partial charge on any atom is 0.254 e. The van der Waals surface area contributed by atoms with Crippen LogP contribution in [0, 0.1) is 0 Å². The lowest BCUT2D eigenvalue weighted by Crippen LogP contribution is -2.41. The summed E-state index contributed by atoms with van der Waals surface area (Å²) < 4.78 is 0. The first-order valence-electron chi connectivity index (χ1n) is 8.52. The summed E-state index contributed by atoms with van der Waals surface area (Å²) in [5, 5.41) is 2.83. The van der Waals surface area contributed by atoms with E-state index in [1.807, 2.05) is 36.9 Å². The molecule has 2 amide bonds. The van der Waals surface area contributed by atoms with Crippen LogP contribution in [-0.2, 0) is 4.79 Å². The molecule has 4 nitrogen and oxygen atoms in total. The Kier molecular flexibility index (Phi) is 4.95. The molecule has 0 saturated heterocycles. The van der Waals surface area contributed by atoms with Crippen molar-refractivity contribution in [3.05, 3.63) is 23.8 Å². The Balaban J connectivity index is 1.81. The Morgan fingerprint density at radius 1 is 1.30 bits per heavy atom. The molecular formula is C18H24N2O2S. The molecule has 0 radical (unpaired) electrons. The van der Waals surface area contributed by atoms with Crippen LogP contribution in [0.25, 0.3) is 0 Å². The monoisotopic (exact) mass is 332 g/mol. The topological polar surface area (TPSA) is 49.4 Å². The maximum absolute atomic E-state index is 12.9. The van der Waals surface area contributed by atoms with Crippen molar-refractivity contribution in [1.82, 2.24) is 4.90 Å². The third kappa shape index (κ3) is 3.39. The van der Waals surface area contributed by atoms with Crippen LogP contribution >= 0.6 is 11.8 Å². The van der Waals surface area contributed by atoms with Gasteiger partial charge < -0.3 is 10.2 Å². The van der Waals surface area contributed by atoms with Gasteiger partial charge in [-0.1, -0.05) is 19.3 Å². The summed E-state index contributed by atoms with van der Waals surface area (Å²) in [7, 11) is 0. The first kappa shape index (κ1) is 16.4. The first-order chi connectivity index (χ1) is 11.1. The smallest absolute Gasteiger partial charge is 0.254 e. The molecule has 1 unspecified atom stereocenters. The van der Waals surface area contributed by atoms with Gasteiger partial charge >= 0.3 is 0 Å². The predicted molar refractivity (Wildman–Crippen MR) is 94.0 cm³/mol. The van der Waals surface area contributed by atoms with Gasteiger partial charge in [0.15, 0.2) is 0 Å². The number of nitrogens with one attached hydrogen (secondary N) is 1. The highest BCUT2D eigenvalue weighted by Crippen LogP contribution is 2.36. The van der Waals surface area contributed by atoms with Gasteiger partial charge in [-0.25, -0.2) is 0 Å². The second-order valence-electron chi connectivity index (χ2n) is 6.34. The highest BCUT2D eigenvalue weighted by atomic mass is 32.2. The summed E-state index contributed by atoms with van der Waals surface area (Å²) in [6.45, 7) is 4.67. The van der Waals surface area contributed by atoms with E-state index in [1.165, 1.54) is 19.3 Å². The summed E-state index contributed by atoms with van der Waals surface area (Å²) in [5.41, 5.74) is 1.44. The SMILES string of the molecule is CCN(C(=O)c1ccc2c(c1)NC(=O)C(C)S2)C1CCCCC1. The van der Waals surface area contributed by atoms with E-state index in [4.69, 9.17) is 0 Å². The number of carbonyl (C=O) groups excluding carboxylic acids is 2. The number of amides is 2. The van der Waals surface area contributed by atoms with Crippen LogP contribution in [0.5, 0.6) is 0 Å². The lowest BCUT2D eigenvalue weighted by molar-refractivity contribution is -0.115. The molecule has 124 valence electrons. The van der Waals surface area contributed by atoms with Crippen LogP contribution in [0.1, 0.15) is 56.3 Å². The number of hydrogen-bond acceptors (Lipinski definition) is 3. The van der Waals surface area contributed by atoms with E-state index in [1.54, 1.807) is 11.8 Å². The fraction of sp³-hybridized carbons (Fsp3) is 0.556. The molecule has 3 rings (SSSR count). The van der Waals surface area contributed by atoms with Crippen LogP contribution in [0.4, 0.5) is 5.69 Å². The Labute approximate surface area is 142 Å². The van der Waals surface area contributed by atoms with Crippen molar-refractivity contribution in [2.24, 2.45) is 0 Å². The average Bonchev–Trinajstić information content (AvgIpc) is 2.57. The Morgan fingerprint density at radius 3 is 2.74 bits per heavy atom. The van der Waals surface area contributed by atoms with Gasteiger partial charge in [-0.05, 0) is 44.9 Å². The number of anilines is 1. The van der Waals surface area contributed by atoms with E-state index >= 15 is 0 Å². The van der Waals surface area contributed by atoms with Gasteiger partial charge in [-0.15, -0.1) is 11.8 Å². The van der Waals surface area contributed by atoms with E-state index in [-0.39, 0.29) is 17.1 Å². The van der Waals surface area contributed by atoms with E-state index in [9.17, 15) is 9.59 Å². The molecule has 1 aromatic carbocycles. The molecule has 1 aliphatic heterocycles. The molecule has 1 N–H and O–H groups in total. The van der Waals surface area contributed by atoms with Crippen LogP contribution in [0.2, 0.25) is 0 Å². The zero-order valence-corrected chi connectivity index (χ0v) is 14.6. The second-order valence-corrected chi connectivity index (χ2v) is 7.73.